The van der Waals surface area contributed by atoms with Crippen LogP contribution in [0.1, 0.15) is 46.0 Å². The predicted molar refractivity (Wildman–Crippen MR) is 80.2 cm³/mol. The Labute approximate surface area is 116 Å². The molecule has 0 spiro atoms. The number of piperazine rings is 1. The molecule has 3 rings (SSSR count). The Hall–Kier alpha value is 0.270. The van der Waals surface area contributed by atoms with Gasteiger partial charge < -0.3 is 5.32 Å². The van der Waals surface area contributed by atoms with Crippen LogP contribution in [-0.2, 0) is 0 Å². The number of hydrogen-bond donors (Lipinski definition) is 1. The van der Waals surface area contributed by atoms with E-state index in [1.54, 1.807) is 0 Å². The summed E-state index contributed by atoms with van der Waals surface area (Å²) in [6, 6.07) is 2.43. The lowest BCUT2D eigenvalue weighted by Crippen LogP contribution is -2.58. The highest BCUT2D eigenvalue weighted by molar-refractivity contribution is 7.99. The summed E-state index contributed by atoms with van der Waals surface area (Å²) in [5.41, 5.74) is 0. The highest BCUT2D eigenvalue weighted by atomic mass is 32.2. The molecule has 1 N–H and O–H groups in total. The second-order valence-corrected chi connectivity index (χ2v) is 8.02. The van der Waals surface area contributed by atoms with Crippen LogP contribution in [0.3, 0.4) is 0 Å². The Kier molecular flexibility index (Phi) is 4.21. The van der Waals surface area contributed by atoms with E-state index in [1.807, 2.05) is 0 Å². The van der Waals surface area contributed by atoms with Crippen molar-refractivity contribution in [1.82, 2.24) is 10.2 Å². The minimum Gasteiger partial charge on any atom is -0.311 e. The van der Waals surface area contributed by atoms with Crippen molar-refractivity contribution in [3.05, 3.63) is 0 Å². The third-order valence-corrected chi connectivity index (χ3v) is 6.30. The van der Waals surface area contributed by atoms with Crippen molar-refractivity contribution in [2.45, 2.75) is 69.3 Å². The minimum absolute atomic E-state index is 0.746. The van der Waals surface area contributed by atoms with Crippen molar-refractivity contribution in [3.8, 4) is 0 Å². The topological polar surface area (TPSA) is 15.3 Å². The number of hydrogen-bond acceptors (Lipinski definition) is 3. The number of nitrogens with one attached hydrogen (secondary N) is 1. The lowest BCUT2D eigenvalue weighted by Gasteiger charge is -2.42. The zero-order valence-corrected chi connectivity index (χ0v) is 12.7. The maximum atomic E-state index is 3.77. The van der Waals surface area contributed by atoms with E-state index >= 15 is 0 Å². The number of rotatable bonds is 4. The summed E-state index contributed by atoms with van der Waals surface area (Å²) in [7, 11) is 0. The molecule has 3 fully saturated rings. The van der Waals surface area contributed by atoms with Gasteiger partial charge in [0, 0.05) is 36.5 Å². The van der Waals surface area contributed by atoms with Crippen molar-refractivity contribution < 1.29 is 0 Å². The van der Waals surface area contributed by atoms with Gasteiger partial charge in [0.1, 0.15) is 0 Å². The van der Waals surface area contributed by atoms with Gasteiger partial charge in [0.2, 0.25) is 0 Å². The zero-order valence-electron chi connectivity index (χ0n) is 11.9. The highest BCUT2D eigenvalue weighted by Gasteiger charge is 2.39. The molecule has 1 saturated heterocycles. The highest BCUT2D eigenvalue weighted by Crippen LogP contribution is 2.37. The van der Waals surface area contributed by atoms with Crippen LogP contribution in [0.5, 0.6) is 0 Å². The summed E-state index contributed by atoms with van der Waals surface area (Å²) in [6.07, 6.45) is 7.28. The molecule has 1 heterocycles. The SMILES string of the molecule is CCSC1CCC(N2CC(C3CC3)NCC2C)C1. The summed E-state index contributed by atoms with van der Waals surface area (Å²) in [5.74, 6) is 2.29. The molecular formula is C15H28N2S. The molecule has 2 saturated carbocycles. The Balaban J connectivity index is 1.56. The molecule has 2 aliphatic carbocycles. The van der Waals surface area contributed by atoms with Gasteiger partial charge in [0.25, 0.3) is 0 Å². The fraction of sp³-hybridized carbons (Fsp3) is 1.00. The fourth-order valence-electron chi connectivity index (χ4n) is 3.84. The Bertz CT molecular complexity index is 280. The lowest BCUT2D eigenvalue weighted by molar-refractivity contribution is 0.0874. The first kappa shape index (κ1) is 13.3. The second-order valence-electron chi connectivity index (χ2n) is 6.44. The molecule has 3 aliphatic rings. The summed E-state index contributed by atoms with van der Waals surface area (Å²) >= 11 is 2.19. The Morgan fingerprint density at radius 1 is 1.22 bits per heavy atom. The fourth-order valence-corrected chi connectivity index (χ4v) is 4.97. The molecule has 2 nitrogen and oxygen atoms in total. The monoisotopic (exact) mass is 268 g/mol. The van der Waals surface area contributed by atoms with Gasteiger partial charge in [-0.15, -0.1) is 0 Å². The molecular weight excluding hydrogens is 240 g/mol. The smallest absolute Gasteiger partial charge is 0.0224 e. The third-order valence-electron chi connectivity index (χ3n) is 5.07. The standard InChI is InChI=1S/C15H28N2S/c1-3-18-14-7-6-13(8-14)17-10-15(12-4-5-12)16-9-11(17)2/h11-16H,3-10H2,1-2H3. The molecule has 0 aromatic carbocycles. The number of thioether (sulfide) groups is 1. The first-order chi connectivity index (χ1) is 8.78. The largest absolute Gasteiger partial charge is 0.311 e. The summed E-state index contributed by atoms with van der Waals surface area (Å²) in [5, 5.41) is 4.72. The molecule has 18 heavy (non-hydrogen) atoms. The van der Waals surface area contributed by atoms with E-state index in [4.69, 9.17) is 0 Å². The van der Waals surface area contributed by atoms with E-state index in [2.05, 4.69) is 35.8 Å². The first-order valence-electron chi connectivity index (χ1n) is 7.88. The van der Waals surface area contributed by atoms with Crippen LogP contribution >= 0.6 is 11.8 Å². The maximum absolute atomic E-state index is 3.77. The molecule has 0 amide bonds. The van der Waals surface area contributed by atoms with Crippen molar-refractivity contribution in [1.29, 1.82) is 0 Å². The molecule has 0 aromatic heterocycles. The van der Waals surface area contributed by atoms with Gasteiger partial charge >= 0.3 is 0 Å². The second kappa shape index (κ2) is 5.72. The molecule has 0 radical (unpaired) electrons. The van der Waals surface area contributed by atoms with Crippen LogP contribution in [0.15, 0.2) is 0 Å². The van der Waals surface area contributed by atoms with Gasteiger partial charge in [-0.1, -0.05) is 6.92 Å². The third kappa shape index (κ3) is 2.88. The quantitative estimate of drug-likeness (QED) is 0.844. The van der Waals surface area contributed by atoms with Crippen molar-refractivity contribution in [2.75, 3.05) is 18.8 Å². The van der Waals surface area contributed by atoms with Crippen LogP contribution in [0, 0.1) is 5.92 Å². The first-order valence-corrected chi connectivity index (χ1v) is 8.93. The molecule has 1 aliphatic heterocycles. The predicted octanol–water partition coefficient (Wildman–Crippen LogP) is 2.73. The van der Waals surface area contributed by atoms with E-state index in [0.29, 0.717) is 0 Å². The van der Waals surface area contributed by atoms with Gasteiger partial charge in [-0.3, -0.25) is 4.90 Å². The van der Waals surface area contributed by atoms with Gasteiger partial charge in [-0.2, -0.15) is 11.8 Å². The van der Waals surface area contributed by atoms with E-state index in [-0.39, 0.29) is 0 Å². The van der Waals surface area contributed by atoms with Crippen molar-refractivity contribution in [3.63, 3.8) is 0 Å². The molecule has 0 bridgehead atoms. The molecule has 0 aromatic rings. The van der Waals surface area contributed by atoms with Gasteiger partial charge in [-0.25, -0.2) is 0 Å². The van der Waals surface area contributed by atoms with Crippen LogP contribution < -0.4 is 5.32 Å². The molecule has 3 heteroatoms. The zero-order chi connectivity index (χ0) is 12.5. The van der Waals surface area contributed by atoms with E-state index in [0.717, 1.165) is 29.3 Å². The molecule has 4 atom stereocenters. The average Bonchev–Trinajstić information content (AvgIpc) is 3.11. The summed E-state index contributed by atoms with van der Waals surface area (Å²) in [4.78, 5) is 2.84. The maximum Gasteiger partial charge on any atom is 0.0224 e. The van der Waals surface area contributed by atoms with E-state index in [9.17, 15) is 0 Å². The van der Waals surface area contributed by atoms with E-state index < -0.39 is 0 Å². The van der Waals surface area contributed by atoms with Gasteiger partial charge in [-0.05, 0) is 50.7 Å². The average molecular weight is 268 g/mol. The molecule has 104 valence electrons. The lowest BCUT2D eigenvalue weighted by atomic mass is 10.0. The van der Waals surface area contributed by atoms with Crippen LogP contribution in [0.2, 0.25) is 0 Å². The Morgan fingerprint density at radius 2 is 2.06 bits per heavy atom. The van der Waals surface area contributed by atoms with Crippen molar-refractivity contribution in [2.24, 2.45) is 5.92 Å². The van der Waals surface area contributed by atoms with Crippen molar-refractivity contribution >= 4 is 11.8 Å². The molecule has 4 unspecified atom stereocenters. The van der Waals surface area contributed by atoms with Gasteiger partial charge in [0.15, 0.2) is 0 Å². The van der Waals surface area contributed by atoms with Crippen LogP contribution in [-0.4, -0.2) is 47.1 Å². The van der Waals surface area contributed by atoms with Crippen LogP contribution in [0.25, 0.3) is 0 Å². The summed E-state index contributed by atoms with van der Waals surface area (Å²) < 4.78 is 0. The Morgan fingerprint density at radius 3 is 2.78 bits per heavy atom. The van der Waals surface area contributed by atoms with Gasteiger partial charge in [0.05, 0.1) is 0 Å². The number of nitrogens with zero attached hydrogens (tertiary/aromatic N) is 1. The summed E-state index contributed by atoms with van der Waals surface area (Å²) in [6.45, 7) is 7.24. The van der Waals surface area contributed by atoms with Crippen LogP contribution in [0.4, 0.5) is 0 Å². The minimum atomic E-state index is 0.746. The van der Waals surface area contributed by atoms with E-state index in [1.165, 1.54) is 50.9 Å². The normalized spacial score (nSPS) is 42.3.